The zero-order valence-electron chi connectivity index (χ0n) is 21.0. The van der Waals surface area contributed by atoms with Crippen molar-refractivity contribution in [2.45, 2.75) is 18.0 Å². The molecule has 5 heterocycles. The fourth-order valence-corrected chi connectivity index (χ4v) is 6.01. The van der Waals surface area contributed by atoms with Crippen LogP contribution >= 0.6 is 23.3 Å². The Morgan fingerprint density at radius 1 is 1.37 bits per heavy atom. The van der Waals surface area contributed by atoms with Crippen molar-refractivity contribution in [1.82, 2.24) is 29.2 Å². The number of carboxylic acids is 1. The van der Waals surface area contributed by atoms with E-state index in [1.807, 2.05) is 0 Å². The van der Waals surface area contributed by atoms with Gasteiger partial charge in [0.25, 0.3) is 17.6 Å². The Balaban J connectivity index is 1.38. The second kappa shape index (κ2) is 11.3. The average molecular weight is 604 g/mol. The van der Waals surface area contributed by atoms with Crippen LogP contribution < -0.4 is 31.8 Å². The number of ether oxygens (including phenoxy) is 1. The highest BCUT2D eigenvalue weighted by Gasteiger charge is 2.53. The van der Waals surface area contributed by atoms with E-state index in [4.69, 9.17) is 21.0 Å². The standard InChI is InChI=1S/C21H21N11O7S2/c1-38-8-39-28-12(15-27-21(23)41-29-15)16(33)26-13-17(34)31-14(19(35)36)9(7-40-18(13)31)5-30-6-10(25-20(22)37)32-11(30)3-2-4-24-32/h2-4,6,13,18H,5,7-8H2,1H3,(H6-,22,23,24,25,26,27,29,33,35,36,37)/b28-12-/t13-,18-/m1/s1. The summed E-state index contributed by atoms with van der Waals surface area (Å²) < 4.78 is 11.8. The molecule has 3 aromatic heterocycles. The van der Waals surface area contributed by atoms with Gasteiger partial charge in [-0.3, -0.25) is 19.8 Å². The number of hydrogen-bond donors (Lipinski definition) is 4. The highest BCUT2D eigenvalue weighted by molar-refractivity contribution is 8.00. The lowest BCUT2D eigenvalue weighted by molar-refractivity contribution is -0.662. The molecular weight excluding hydrogens is 582 g/mol. The molecule has 214 valence electrons. The van der Waals surface area contributed by atoms with Gasteiger partial charge < -0.3 is 36.3 Å². The van der Waals surface area contributed by atoms with Gasteiger partial charge in [0.15, 0.2) is 11.3 Å². The third kappa shape index (κ3) is 5.34. The number of fused-ring (bicyclic) bond motifs is 2. The SMILES string of the molecule is COCO/N=C(\C(=O)N[C@@H]1C(=O)N2C(C(=O)[O-])=C(C[n+]3cc(NC(N)=O)n4ncccc43)CS[C@H]12)c1nsc(N)n1. The number of rotatable bonds is 10. The van der Waals surface area contributed by atoms with Crippen LogP contribution in [-0.4, -0.2) is 84.5 Å². The lowest BCUT2D eigenvalue weighted by Gasteiger charge is -2.50. The Kier molecular flexibility index (Phi) is 7.68. The molecule has 3 aromatic rings. The summed E-state index contributed by atoms with van der Waals surface area (Å²) >= 11 is 2.08. The number of amides is 4. The molecule has 0 saturated carbocycles. The molecule has 2 aliphatic rings. The van der Waals surface area contributed by atoms with Crippen LogP contribution in [0.3, 0.4) is 0 Å². The van der Waals surface area contributed by atoms with E-state index in [9.17, 15) is 24.3 Å². The molecule has 0 unspecified atom stereocenters. The molecule has 0 aromatic carbocycles. The summed E-state index contributed by atoms with van der Waals surface area (Å²) in [4.78, 5) is 59.8. The number of carbonyl (C=O) groups excluding carboxylic acids is 4. The zero-order chi connectivity index (χ0) is 29.3. The van der Waals surface area contributed by atoms with Gasteiger partial charge in [-0.05, 0) is 6.07 Å². The van der Waals surface area contributed by atoms with Crippen molar-refractivity contribution in [1.29, 1.82) is 0 Å². The number of thioether (sulfide) groups is 1. The summed E-state index contributed by atoms with van der Waals surface area (Å²) in [6.45, 7) is -0.233. The summed E-state index contributed by atoms with van der Waals surface area (Å²) in [7, 11) is 1.36. The monoisotopic (exact) mass is 603 g/mol. The Hall–Kier alpha value is -4.82. The van der Waals surface area contributed by atoms with E-state index in [-0.39, 0.29) is 47.3 Å². The summed E-state index contributed by atoms with van der Waals surface area (Å²) in [5, 5.41) is 24.5. The minimum absolute atomic E-state index is 0.0318. The van der Waals surface area contributed by atoms with Crippen molar-refractivity contribution >= 4 is 69.4 Å². The first-order valence-corrected chi connectivity index (χ1v) is 13.4. The van der Waals surface area contributed by atoms with Gasteiger partial charge in [0.2, 0.25) is 18.3 Å². The third-order valence-electron chi connectivity index (χ3n) is 5.87. The number of hydrogen-bond acceptors (Lipinski definition) is 14. The summed E-state index contributed by atoms with van der Waals surface area (Å²) in [5.41, 5.74) is 11.1. The first-order valence-electron chi connectivity index (χ1n) is 11.6. The van der Waals surface area contributed by atoms with E-state index >= 15 is 0 Å². The van der Waals surface area contributed by atoms with E-state index in [1.165, 1.54) is 35.8 Å². The third-order valence-corrected chi connectivity index (χ3v) is 7.75. The van der Waals surface area contributed by atoms with Gasteiger partial charge in [-0.25, -0.2) is 9.36 Å². The Bertz CT molecular complexity index is 1620. The number of β-lactam (4-membered cyclic amide) rings is 1. The number of aliphatic carboxylic acids is 1. The molecule has 1 saturated heterocycles. The molecule has 0 bridgehead atoms. The molecule has 6 N–H and O–H groups in total. The maximum atomic E-state index is 13.2. The number of carboxylic acid groups (broad SMARTS) is 1. The van der Waals surface area contributed by atoms with Crippen LogP contribution in [0.2, 0.25) is 0 Å². The first-order chi connectivity index (χ1) is 19.7. The van der Waals surface area contributed by atoms with Gasteiger partial charge in [0.1, 0.15) is 18.0 Å². The Labute approximate surface area is 238 Å². The smallest absolute Gasteiger partial charge is 0.319 e. The van der Waals surface area contributed by atoms with Crippen LogP contribution in [0, 0.1) is 0 Å². The fraction of sp³-hybridized carbons (Fsp3) is 0.286. The van der Waals surface area contributed by atoms with Crippen molar-refractivity contribution in [2.75, 3.05) is 30.7 Å². The number of aromatic nitrogens is 5. The van der Waals surface area contributed by atoms with Crippen molar-refractivity contribution in [3.8, 4) is 0 Å². The molecule has 4 amide bonds. The second-order valence-electron chi connectivity index (χ2n) is 8.46. The largest absolute Gasteiger partial charge is 0.543 e. The molecule has 41 heavy (non-hydrogen) atoms. The van der Waals surface area contributed by atoms with Gasteiger partial charge in [-0.2, -0.15) is 9.36 Å². The molecule has 1 fully saturated rings. The molecule has 2 aliphatic heterocycles. The molecule has 0 spiro atoms. The number of oxime groups is 1. The second-order valence-corrected chi connectivity index (χ2v) is 10.3. The predicted molar refractivity (Wildman–Crippen MR) is 139 cm³/mol. The van der Waals surface area contributed by atoms with Gasteiger partial charge in [-0.15, -0.1) is 11.8 Å². The highest BCUT2D eigenvalue weighted by atomic mass is 32.2. The van der Waals surface area contributed by atoms with Crippen LogP contribution in [0.25, 0.3) is 5.65 Å². The Morgan fingerprint density at radius 3 is 2.85 bits per heavy atom. The van der Waals surface area contributed by atoms with E-state index in [0.717, 1.165) is 16.4 Å². The van der Waals surface area contributed by atoms with Gasteiger partial charge >= 0.3 is 11.7 Å². The maximum absolute atomic E-state index is 13.2. The number of nitrogens with two attached hydrogens (primary N) is 2. The van der Waals surface area contributed by atoms with Gasteiger partial charge in [0, 0.05) is 36.0 Å². The number of nitrogens with one attached hydrogen (secondary N) is 2. The zero-order valence-corrected chi connectivity index (χ0v) is 22.7. The van der Waals surface area contributed by atoms with E-state index in [1.54, 1.807) is 16.7 Å². The normalized spacial score (nSPS) is 18.6. The van der Waals surface area contributed by atoms with Crippen molar-refractivity contribution in [3.05, 3.63) is 41.6 Å². The van der Waals surface area contributed by atoms with Crippen LogP contribution in [0.4, 0.5) is 15.7 Å². The summed E-state index contributed by atoms with van der Waals surface area (Å²) in [6, 6.07) is 1.49. The Morgan fingerprint density at radius 2 is 2.17 bits per heavy atom. The predicted octanol–water partition coefficient (Wildman–Crippen LogP) is -3.03. The number of imidazole rings is 1. The van der Waals surface area contributed by atoms with E-state index in [0.29, 0.717) is 11.2 Å². The highest BCUT2D eigenvalue weighted by Crippen LogP contribution is 2.40. The van der Waals surface area contributed by atoms with Crippen molar-refractivity contribution in [3.63, 3.8) is 0 Å². The number of nitrogen functional groups attached to an aromatic ring is 1. The van der Waals surface area contributed by atoms with Crippen molar-refractivity contribution < 1.29 is 38.4 Å². The first kappa shape index (κ1) is 27.7. The molecule has 5 rings (SSSR count). The van der Waals surface area contributed by atoms with Crippen LogP contribution in [-0.2, 0) is 30.5 Å². The van der Waals surface area contributed by atoms with Crippen molar-refractivity contribution in [2.24, 2.45) is 10.9 Å². The lowest BCUT2D eigenvalue weighted by Crippen LogP contribution is -2.71. The number of urea groups is 1. The average Bonchev–Trinajstić information content (AvgIpc) is 3.52. The molecule has 0 aliphatic carbocycles. The van der Waals surface area contributed by atoms with E-state index < -0.39 is 35.2 Å². The van der Waals surface area contributed by atoms with Crippen LogP contribution in [0.15, 0.2) is 41.0 Å². The molecule has 20 heteroatoms. The number of nitrogens with zero attached hydrogens (tertiary/aromatic N) is 7. The van der Waals surface area contributed by atoms with Crippen LogP contribution in [0.5, 0.6) is 0 Å². The topological polar surface area (TPSA) is 248 Å². The quantitative estimate of drug-likeness (QED) is 0.0451. The summed E-state index contributed by atoms with van der Waals surface area (Å²) in [5.74, 6) is -2.72. The molecule has 18 nitrogen and oxygen atoms in total. The number of methoxy groups -OCH3 is 1. The summed E-state index contributed by atoms with van der Waals surface area (Å²) in [6.07, 6.45) is 3.04. The molecule has 0 radical (unpaired) electrons. The van der Waals surface area contributed by atoms with Crippen LogP contribution in [0.1, 0.15) is 5.82 Å². The maximum Gasteiger partial charge on any atom is 0.319 e. The minimum Gasteiger partial charge on any atom is -0.543 e. The number of anilines is 2. The molecular formula is C21H21N11O7S2. The number of carbonyl (C=O) groups is 4. The fourth-order valence-electron chi connectivity index (χ4n) is 4.24. The molecule has 2 atom stereocenters. The minimum atomic E-state index is -1.56. The number of primary amides is 1. The van der Waals surface area contributed by atoms with E-state index in [2.05, 4.69) is 30.2 Å². The van der Waals surface area contributed by atoms with Gasteiger partial charge in [0.05, 0.1) is 17.9 Å². The lowest BCUT2D eigenvalue weighted by atomic mass is 10.0. The van der Waals surface area contributed by atoms with Gasteiger partial charge in [-0.1, -0.05) is 14.8 Å².